The summed E-state index contributed by atoms with van der Waals surface area (Å²) < 4.78 is 10.7. The molecule has 0 saturated carbocycles. The zero-order valence-electron chi connectivity index (χ0n) is 11.4. The summed E-state index contributed by atoms with van der Waals surface area (Å²) in [5.41, 5.74) is 2.01. The Kier molecular flexibility index (Phi) is 3.31. The Labute approximate surface area is 120 Å². The summed E-state index contributed by atoms with van der Waals surface area (Å²) in [7, 11) is 1.61. The highest BCUT2D eigenvalue weighted by Crippen LogP contribution is 2.22. The van der Waals surface area contributed by atoms with Gasteiger partial charge in [0, 0.05) is 6.42 Å². The normalized spacial score (nSPS) is 10.7. The molecule has 0 aliphatic heterocycles. The lowest BCUT2D eigenvalue weighted by Gasteiger charge is -2.00. The van der Waals surface area contributed by atoms with Crippen molar-refractivity contribution in [3.05, 3.63) is 59.5 Å². The molecule has 1 aromatic heterocycles. The van der Waals surface area contributed by atoms with Crippen molar-refractivity contribution in [2.45, 2.75) is 6.42 Å². The van der Waals surface area contributed by atoms with Gasteiger partial charge in [0.15, 0.2) is 11.5 Å². The lowest BCUT2D eigenvalue weighted by molar-refractivity contribution is 0.0698. The summed E-state index contributed by atoms with van der Waals surface area (Å²) in [5.74, 6) is 0.251. The van der Waals surface area contributed by atoms with Crippen molar-refractivity contribution in [2.75, 3.05) is 7.11 Å². The van der Waals surface area contributed by atoms with Crippen molar-refractivity contribution in [2.24, 2.45) is 0 Å². The third kappa shape index (κ3) is 2.58. The van der Waals surface area contributed by atoms with Crippen molar-refractivity contribution < 1.29 is 19.1 Å². The molecule has 5 heteroatoms. The first-order chi connectivity index (χ1) is 10.2. The smallest absolute Gasteiger partial charge is 0.339 e. The maximum atomic E-state index is 11.2. The van der Waals surface area contributed by atoms with E-state index in [-0.39, 0.29) is 5.56 Å². The van der Waals surface area contributed by atoms with Gasteiger partial charge < -0.3 is 14.3 Å². The lowest BCUT2D eigenvalue weighted by Crippen LogP contribution is -1.95. The highest BCUT2D eigenvalue weighted by molar-refractivity contribution is 5.99. The molecule has 0 spiro atoms. The second kappa shape index (κ2) is 5.28. The summed E-state index contributed by atoms with van der Waals surface area (Å²) in [5, 5.41) is 9.14. The monoisotopic (exact) mass is 283 g/mol. The molecule has 1 heterocycles. The molecule has 0 atom stereocenters. The molecule has 0 fully saturated rings. The van der Waals surface area contributed by atoms with Crippen LogP contribution in [0, 0.1) is 0 Å². The van der Waals surface area contributed by atoms with Crippen LogP contribution in [0.1, 0.15) is 21.8 Å². The van der Waals surface area contributed by atoms with E-state index in [1.807, 2.05) is 24.3 Å². The number of ether oxygens (including phenoxy) is 1. The van der Waals surface area contributed by atoms with Gasteiger partial charge in [0.2, 0.25) is 0 Å². The van der Waals surface area contributed by atoms with Gasteiger partial charge in [-0.1, -0.05) is 18.2 Å². The quantitative estimate of drug-likeness (QED) is 0.796. The molecule has 0 radical (unpaired) electrons. The third-order valence-electron chi connectivity index (χ3n) is 3.20. The highest BCUT2D eigenvalue weighted by Gasteiger charge is 2.14. The molecular weight excluding hydrogens is 270 g/mol. The molecule has 2 aromatic carbocycles. The number of hydrogen-bond acceptors (Lipinski definition) is 4. The largest absolute Gasteiger partial charge is 0.497 e. The molecule has 21 heavy (non-hydrogen) atoms. The minimum absolute atomic E-state index is 0.126. The van der Waals surface area contributed by atoms with E-state index in [2.05, 4.69) is 4.98 Å². The van der Waals surface area contributed by atoms with Crippen LogP contribution in [0.25, 0.3) is 11.1 Å². The predicted octanol–water partition coefficient (Wildman–Crippen LogP) is 3.13. The number of fused-ring (bicyclic) bond motifs is 1. The van der Waals surface area contributed by atoms with Gasteiger partial charge in [0.25, 0.3) is 0 Å². The SMILES string of the molecule is COc1ccc(Cc2nc3cccc(C(=O)O)c3o2)cc1. The summed E-state index contributed by atoms with van der Waals surface area (Å²) in [6.07, 6.45) is 0.498. The number of hydrogen-bond donors (Lipinski definition) is 1. The van der Waals surface area contributed by atoms with Crippen molar-refractivity contribution in [1.29, 1.82) is 0 Å². The van der Waals surface area contributed by atoms with E-state index < -0.39 is 5.97 Å². The van der Waals surface area contributed by atoms with Gasteiger partial charge in [-0.2, -0.15) is 0 Å². The second-order valence-electron chi connectivity index (χ2n) is 4.59. The number of methoxy groups -OCH3 is 1. The zero-order chi connectivity index (χ0) is 14.8. The van der Waals surface area contributed by atoms with Crippen LogP contribution in [0.3, 0.4) is 0 Å². The summed E-state index contributed by atoms with van der Waals surface area (Å²) >= 11 is 0. The molecule has 0 unspecified atom stereocenters. The second-order valence-corrected chi connectivity index (χ2v) is 4.59. The average molecular weight is 283 g/mol. The zero-order valence-corrected chi connectivity index (χ0v) is 11.4. The highest BCUT2D eigenvalue weighted by atomic mass is 16.5. The van der Waals surface area contributed by atoms with Gasteiger partial charge in [0.05, 0.1) is 7.11 Å². The number of benzene rings is 2. The van der Waals surface area contributed by atoms with Crippen LogP contribution in [-0.2, 0) is 6.42 Å². The van der Waals surface area contributed by atoms with E-state index in [9.17, 15) is 4.79 Å². The number of carboxylic acid groups (broad SMARTS) is 1. The molecule has 3 aromatic rings. The molecule has 0 amide bonds. The number of carboxylic acids is 1. The van der Waals surface area contributed by atoms with Crippen LogP contribution in [0.2, 0.25) is 0 Å². The van der Waals surface area contributed by atoms with Crippen molar-refractivity contribution in [3.63, 3.8) is 0 Å². The Morgan fingerprint density at radius 3 is 2.67 bits per heavy atom. The van der Waals surface area contributed by atoms with E-state index in [0.29, 0.717) is 23.4 Å². The van der Waals surface area contributed by atoms with Crippen LogP contribution in [0.15, 0.2) is 46.9 Å². The van der Waals surface area contributed by atoms with E-state index >= 15 is 0 Å². The fourth-order valence-electron chi connectivity index (χ4n) is 2.16. The fraction of sp³-hybridized carbons (Fsp3) is 0.125. The van der Waals surface area contributed by atoms with Gasteiger partial charge in [-0.05, 0) is 29.8 Å². The molecular formula is C16H13NO4. The Balaban J connectivity index is 1.93. The Morgan fingerprint density at radius 1 is 1.24 bits per heavy atom. The number of para-hydroxylation sites is 1. The lowest BCUT2D eigenvalue weighted by atomic mass is 10.1. The van der Waals surface area contributed by atoms with E-state index in [4.69, 9.17) is 14.3 Å². The molecule has 3 rings (SSSR count). The number of aromatic nitrogens is 1. The van der Waals surface area contributed by atoms with Crippen LogP contribution < -0.4 is 4.74 Å². The van der Waals surface area contributed by atoms with Crippen LogP contribution >= 0.6 is 0 Å². The molecule has 106 valence electrons. The molecule has 0 aliphatic rings. The number of nitrogens with zero attached hydrogens (tertiary/aromatic N) is 1. The van der Waals surface area contributed by atoms with Crippen LogP contribution in [0.4, 0.5) is 0 Å². The number of aromatic carboxylic acids is 1. The minimum Gasteiger partial charge on any atom is -0.497 e. The number of oxazole rings is 1. The summed E-state index contributed by atoms with van der Waals surface area (Å²) in [6.45, 7) is 0. The van der Waals surface area contributed by atoms with Crippen LogP contribution in [0.5, 0.6) is 5.75 Å². The topological polar surface area (TPSA) is 72.6 Å². The van der Waals surface area contributed by atoms with Gasteiger partial charge in [-0.15, -0.1) is 0 Å². The number of carbonyl (C=O) groups is 1. The average Bonchev–Trinajstić information content (AvgIpc) is 2.89. The van der Waals surface area contributed by atoms with E-state index in [1.165, 1.54) is 6.07 Å². The Morgan fingerprint density at radius 2 is 2.00 bits per heavy atom. The molecule has 1 N–H and O–H groups in total. The molecule has 0 aliphatic carbocycles. The van der Waals surface area contributed by atoms with Crippen molar-refractivity contribution >= 4 is 17.1 Å². The Bertz CT molecular complexity index is 790. The molecule has 5 nitrogen and oxygen atoms in total. The first kappa shape index (κ1) is 13.2. The van der Waals surface area contributed by atoms with Gasteiger partial charge >= 0.3 is 5.97 Å². The first-order valence-corrected chi connectivity index (χ1v) is 6.42. The number of rotatable bonds is 4. The van der Waals surface area contributed by atoms with Crippen molar-refractivity contribution in [3.8, 4) is 5.75 Å². The van der Waals surface area contributed by atoms with Gasteiger partial charge in [-0.3, -0.25) is 0 Å². The standard InChI is InChI=1S/C16H13NO4/c1-20-11-7-5-10(6-8-11)9-14-17-13-4-2-3-12(16(18)19)15(13)21-14/h2-8H,9H2,1H3,(H,18,19). The van der Waals surface area contributed by atoms with Crippen LogP contribution in [-0.4, -0.2) is 23.2 Å². The van der Waals surface area contributed by atoms with Gasteiger partial charge in [-0.25, -0.2) is 9.78 Å². The van der Waals surface area contributed by atoms with Crippen molar-refractivity contribution in [1.82, 2.24) is 4.98 Å². The van der Waals surface area contributed by atoms with E-state index in [1.54, 1.807) is 19.2 Å². The molecule has 0 bridgehead atoms. The predicted molar refractivity (Wildman–Crippen MR) is 76.8 cm³/mol. The third-order valence-corrected chi connectivity index (χ3v) is 3.20. The maximum Gasteiger partial charge on any atom is 0.339 e. The fourth-order valence-corrected chi connectivity index (χ4v) is 2.16. The summed E-state index contributed by atoms with van der Waals surface area (Å²) in [6, 6.07) is 12.5. The Hall–Kier alpha value is -2.82. The van der Waals surface area contributed by atoms with Gasteiger partial charge in [0.1, 0.15) is 16.8 Å². The maximum absolute atomic E-state index is 11.2. The first-order valence-electron chi connectivity index (χ1n) is 6.42. The van der Waals surface area contributed by atoms with E-state index in [0.717, 1.165) is 11.3 Å². The molecule has 0 saturated heterocycles. The summed E-state index contributed by atoms with van der Waals surface area (Å²) in [4.78, 5) is 15.5. The minimum atomic E-state index is -1.02.